The molecule has 0 radical (unpaired) electrons. The summed E-state index contributed by atoms with van der Waals surface area (Å²) in [6.07, 6.45) is 8.43. The van der Waals surface area contributed by atoms with Gasteiger partial charge in [-0.25, -0.2) is 0 Å². The van der Waals surface area contributed by atoms with E-state index in [0.717, 1.165) is 5.92 Å². The van der Waals surface area contributed by atoms with Crippen LogP contribution in [0.5, 0.6) is 0 Å². The van der Waals surface area contributed by atoms with E-state index in [0.29, 0.717) is 22.3 Å². The van der Waals surface area contributed by atoms with Crippen LogP contribution in [-0.2, 0) is 0 Å². The summed E-state index contributed by atoms with van der Waals surface area (Å²) >= 11 is 1.92. The standard InChI is InChI=1S/C18H28N2S/c1-12-4-5-14(21-12)15(20-19)18-8-13-6-16(2,10-18)9-17(3,7-13)11-18/h4-5,13,15,20H,6-11,19H2,1-3H3. The number of thiophene rings is 1. The van der Waals surface area contributed by atoms with Crippen molar-refractivity contribution in [2.75, 3.05) is 0 Å². The average Bonchev–Trinajstić information content (AvgIpc) is 2.71. The lowest BCUT2D eigenvalue weighted by Gasteiger charge is -2.67. The first-order valence-electron chi connectivity index (χ1n) is 8.38. The summed E-state index contributed by atoms with van der Waals surface area (Å²) in [5.41, 5.74) is 4.72. The Bertz CT molecular complexity index is 545. The fraction of sp³-hybridized carbons (Fsp3) is 0.778. The van der Waals surface area contributed by atoms with Crippen molar-refractivity contribution in [2.45, 2.75) is 65.3 Å². The molecule has 3 atom stereocenters. The van der Waals surface area contributed by atoms with E-state index in [1.54, 1.807) is 0 Å². The van der Waals surface area contributed by atoms with Crippen molar-refractivity contribution in [3.8, 4) is 0 Å². The molecule has 4 aliphatic rings. The van der Waals surface area contributed by atoms with Gasteiger partial charge in [-0.15, -0.1) is 11.3 Å². The number of nitrogens with two attached hydrogens (primary N) is 1. The van der Waals surface area contributed by atoms with Crippen molar-refractivity contribution < 1.29 is 0 Å². The van der Waals surface area contributed by atoms with Crippen molar-refractivity contribution in [1.29, 1.82) is 0 Å². The highest BCUT2D eigenvalue weighted by Crippen LogP contribution is 2.72. The quantitative estimate of drug-likeness (QED) is 0.634. The van der Waals surface area contributed by atoms with E-state index >= 15 is 0 Å². The van der Waals surface area contributed by atoms with Crippen LogP contribution in [0.2, 0.25) is 0 Å². The van der Waals surface area contributed by atoms with E-state index < -0.39 is 0 Å². The van der Waals surface area contributed by atoms with E-state index in [4.69, 9.17) is 5.84 Å². The van der Waals surface area contributed by atoms with Crippen molar-refractivity contribution in [2.24, 2.45) is 28.0 Å². The molecule has 0 aromatic carbocycles. The van der Waals surface area contributed by atoms with Crippen molar-refractivity contribution in [3.05, 3.63) is 21.9 Å². The van der Waals surface area contributed by atoms with Crippen LogP contribution in [0.15, 0.2) is 12.1 Å². The van der Waals surface area contributed by atoms with Crippen LogP contribution in [0.1, 0.15) is 68.2 Å². The maximum atomic E-state index is 6.08. The Kier molecular flexibility index (Phi) is 2.94. The van der Waals surface area contributed by atoms with Crippen LogP contribution in [0.25, 0.3) is 0 Å². The van der Waals surface area contributed by atoms with Gasteiger partial charge in [-0.05, 0) is 79.7 Å². The minimum atomic E-state index is 0.346. The fourth-order valence-electron chi connectivity index (χ4n) is 7.03. The van der Waals surface area contributed by atoms with E-state index in [1.807, 2.05) is 11.3 Å². The lowest BCUT2D eigenvalue weighted by molar-refractivity contribution is -0.158. The molecule has 0 amide bonds. The summed E-state index contributed by atoms with van der Waals surface area (Å²) < 4.78 is 0. The van der Waals surface area contributed by atoms with Gasteiger partial charge >= 0.3 is 0 Å². The third kappa shape index (κ3) is 2.12. The molecule has 4 fully saturated rings. The Hall–Kier alpha value is -0.380. The monoisotopic (exact) mass is 304 g/mol. The molecule has 1 aromatic rings. The van der Waals surface area contributed by atoms with Gasteiger partial charge in [0.2, 0.25) is 0 Å². The molecule has 0 spiro atoms. The predicted octanol–water partition coefficient (Wildman–Crippen LogP) is 4.56. The third-order valence-corrected chi connectivity index (χ3v) is 7.56. The molecule has 0 aliphatic heterocycles. The number of rotatable bonds is 3. The largest absolute Gasteiger partial charge is 0.271 e. The molecule has 4 bridgehead atoms. The predicted molar refractivity (Wildman–Crippen MR) is 89.0 cm³/mol. The van der Waals surface area contributed by atoms with Crippen LogP contribution in [0, 0.1) is 29.1 Å². The zero-order chi connectivity index (χ0) is 14.9. The topological polar surface area (TPSA) is 38.0 Å². The number of aryl methyl sites for hydroxylation is 1. The molecular formula is C18H28N2S. The van der Waals surface area contributed by atoms with Gasteiger partial charge in [0.15, 0.2) is 0 Å². The van der Waals surface area contributed by atoms with Crippen LogP contribution in [0.4, 0.5) is 0 Å². The highest BCUT2D eigenvalue weighted by atomic mass is 32.1. The fourth-order valence-corrected chi connectivity index (χ4v) is 8.11. The Morgan fingerprint density at radius 2 is 1.81 bits per heavy atom. The second-order valence-electron chi connectivity index (χ2n) is 9.04. The van der Waals surface area contributed by atoms with Crippen LogP contribution in [0.3, 0.4) is 0 Å². The molecule has 2 nitrogen and oxygen atoms in total. The smallest absolute Gasteiger partial charge is 0.0610 e. The van der Waals surface area contributed by atoms with E-state index in [9.17, 15) is 0 Å². The Balaban J connectivity index is 1.75. The minimum Gasteiger partial charge on any atom is -0.271 e. The summed E-state index contributed by atoms with van der Waals surface area (Å²) in [5, 5.41) is 0. The molecule has 1 aromatic heterocycles. The van der Waals surface area contributed by atoms with Crippen LogP contribution >= 0.6 is 11.3 Å². The van der Waals surface area contributed by atoms with Gasteiger partial charge in [-0.1, -0.05) is 13.8 Å². The molecule has 1 heterocycles. The SMILES string of the molecule is Cc1ccc(C(NN)C23CC4CC(C)(CC(C)(C4)C2)C3)s1. The van der Waals surface area contributed by atoms with Crippen molar-refractivity contribution in [1.82, 2.24) is 5.43 Å². The number of hydrogen-bond donors (Lipinski definition) is 2. The van der Waals surface area contributed by atoms with E-state index in [2.05, 4.69) is 38.3 Å². The molecule has 4 aliphatic carbocycles. The van der Waals surface area contributed by atoms with Crippen molar-refractivity contribution in [3.63, 3.8) is 0 Å². The Morgan fingerprint density at radius 3 is 2.29 bits per heavy atom. The highest BCUT2D eigenvalue weighted by Gasteiger charge is 2.62. The summed E-state index contributed by atoms with van der Waals surface area (Å²) in [7, 11) is 0. The summed E-state index contributed by atoms with van der Waals surface area (Å²) in [5.74, 6) is 7.00. The molecule has 116 valence electrons. The maximum absolute atomic E-state index is 6.08. The summed E-state index contributed by atoms with van der Waals surface area (Å²) in [4.78, 5) is 2.84. The minimum absolute atomic E-state index is 0.346. The highest BCUT2D eigenvalue weighted by molar-refractivity contribution is 7.12. The zero-order valence-electron chi connectivity index (χ0n) is 13.5. The van der Waals surface area contributed by atoms with Gasteiger partial charge in [0, 0.05) is 9.75 Å². The first-order valence-corrected chi connectivity index (χ1v) is 9.20. The molecule has 0 saturated heterocycles. The molecular weight excluding hydrogens is 276 g/mol. The van der Waals surface area contributed by atoms with Gasteiger partial charge in [-0.2, -0.15) is 0 Å². The van der Waals surface area contributed by atoms with Gasteiger partial charge in [-0.3, -0.25) is 11.3 Å². The van der Waals surface area contributed by atoms with Crippen molar-refractivity contribution >= 4 is 11.3 Å². The molecule has 3 N–H and O–H groups in total. The normalized spacial score (nSPS) is 46.0. The average molecular weight is 305 g/mol. The zero-order valence-corrected chi connectivity index (χ0v) is 14.4. The van der Waals surface area contributed by atoms with Gasteiger partial charge in [0.25, 0.3) is 0 Å². The Labute approximate surface area is 132 Å². The van der Waals surface area contributed by atoms with Crippen LogP contribution in [-0.4, -0.2) is 0 Å². The van der Waals surface area contributed by atoms with Gasteiger partial charge < -0.3 is 0 Å². The number of nitrogens with one attached hydrogen (secondary N) is 1. The first kappa shape index (κ1) is 14.2. The molecule has 3 heteroatoms. The lowest BCUT2D eigenvalue weighted by atomic mass is 9.39. The van der Waals surface area contributed by atoms with Gasteiger partial charge in [0.05, 0.1) is 6.04 Å². The number of hydrazine groups is 1. The summed E-state index contributed by atoms with van der Waals surface area (Å²) in [6.45, 7) is 7.28. The second-order valence-corrected chi connectivity index (χ2v) is 10.4. The first-order chi connectivity index (χ1) is 9.85. The molecule has 5 rings (SSSR count). The van der Waals surface area contributed by atoms with E-state index in [-0.39, 0.29) is 0 Å². The maximum Gasteiger partial charge on any atom is 0.0610 e. The molecule has 3 unspecified atom stereocenters. The molecule has 4 saturated carbocycles. The van der Waals surface area contributed by atoms with E-state index in [1.165, 1.54) is 48.3 Å². The van der Waals surface area contributed by atoms with Gasteiger partial charge in [0.1, 0.15) is 0 Å². The second kappa shape index (κ2) is 4.33. The third-order valence-electron chi connectivity index (χ3n) is 6.49. The molecule has 21 heavy (non-hydrogen) atoms. The lowest BCUT2D eigenvalue weighted by Crippen LogP contribution is -2.59. The van der Waals surface area contributed by atoms with Crippen LogP contribution < -0.4 is 11.3 Å². The summed E-state index contributed by atoms with van der Waals surface area (Å²) in [6, 6.07) is 4.89. The number of hydrogen-bond acceptors (Lipinski definition) is 3. The Morgan fingerprint density at radius 1 is 1.14 bits per heavy atom.